The van der Waals surface area contributed by atoms with Crippen LogP contribution < -0.4 is 0 Å². The molecule has 0 aliphatic carbocycles. The maximum absolute atomic E-state index is 10.7. The minimum absolute atomic E-state index is 0.806. The lowest BCUT2D eigenvalue weighted by atomic mass is 10.8. The zero-order chi connectivity index (χ0) is 7.86. The summed E-state index contributed by atoms with van der Waals surface area (Å²) in [5, 5.41) is 28.9. The van der Waals surface area contributed by atoms with Crippen LogP contribution in [0.2, 0.25) is 0 Å². The fraction of sp³-hybridized carbons (Fsp3) is 0.667. The summed E-state index contributed by atoms with van der Waals surface area (Å²) in [6, 6.07) is 0. The van der Waals surface area contributed by atoms with E-state index in [-0.39, 0.29) is 0 Å². The SMILES string of the molecule is O=C(O)O.OCC(O)F. The van der Waals surface area contributed by atoms with E-state index in [9.17, 15) is 4.39 Å². The minimum atomic E-state index is -2.06. The third-order valence-corrected chi connectivity index (χ3v) is 0.151. The molecule has 0 heterocycles. The molecule has 0 aliphatic heterocycles. The van der Waals surface area contributed by atoms with Crippen molar-refractivity contribution in [1.82, 2.24) is 0 Å². The van der Waals surface area contributed by atoms with Crippen LogP contribution in [0.25, 0.3) is 0 Å². The summed E-state index contributed by atoms with van der Waals surface area (Å²) in [5.41, 5.74) is 0. The zero-order valence-corrected chi connectivity index (χ0v) is 4.36. The van der Waals surface area contributed by atoms with Gasteiger partial charge < -0.3 is 20.4 Å². The van der Waals surface area contributed by atoms with Crippen LogP contribution in [0, 0.1) is 0 Å². The van der Waals surface area contributed by atoms with Crippen LogP contribution >= 0.6 is 0 Å². The Labute approximate surface area is 50.0 Å². The van der Waals surface area contributed by atoms with E-state index in [1.54, 1.807) is 0 Å². The van der Waals surface area contributed by atoms with Gasteiger partial charge in [0.1, 0.15) is 0 Å². The minimum Gasteiger partial charge on any atom is -0.450 e. The molecule has 0 rings (SSSR count). The van der Waals surface area contributed by atoms with Crippen molar-refractivity contribution in [2.75, 3.05) is 6.61 Å². The van der Waals surface area contributed by atoms with Gasteiger partial charge in [0, 0.05) is 0 Å². The average molecular weight is 142 g/mol. The highest BCUT2D eigenvalue weighted by Crippen LogP contribution is 1.74. The van der Waals surface area contributed by atoms with Gasteiger partial charge in [0.2, 0.25) is 6.36 Å². The Bertz CT molecular complexity index is 68.6. The van der Waals surface area contributed by atoms with E-state index in [4.69, 9.17) is 25.2 Å². The maximum Gasteiger partial charge on any atom is 0.503 e. The molecule has 9 heavy (non-hydrogen) atoms. The van der Waals surface area contributed by atoms with Gasteiger partial charge in [-0.3, -0.25) is 0 Å². The summed E-state index contributed by atoms with van der Waals surface area (Å²) >= 11 is 0. The van der Waals surface area contributed by atoms with Gasteiger partial charge in [0.25, 0.3) is 0 Å². The summed E-state index contributed by atoms with van der Waals surface area (Å²) in [5.74, 6) is 0. The van der Waals surface area contributed by atoms with Crippen molar-refractivity contribution >= 4 is 6.16 Å². The van der Waals surface area contributed by atoms with Gasteiger partial charge in [-0.2, -0.15) is 0 Å². The van der Waals surface area contributed by atoms with Crippen LogP contribution in [0.4, 0.5) is 9.18 Å². The standard InChI is InChI=1S/C2H5FO2.CH2O3/c3-2(5)1-4;2-1(3)4/h2,4-5H,1H2;(H2,2,3,4). The first-order valence-corrected chi connectivity index (χ1v) is 1.85. The fourth-order valence-electron chi connectivity index (χ4n) is 0. The molecule has 0 aromatic carbocycles. The third-order valence-electron chi connectivity index (χ3n) is 0.151. The molecule has 5 nitrogen and oxygen atoms in total. The average Bonchev–Trinajstić information content (AvgIpc) is 1.65. The largest absolute Gasteiger partial charge is 0.503 e. The molecule has 56 valence electrons. The van der Waals surface area contributed by atoms with Gasteiger partial charge in [0.15, 0.2) is 0 Å². The molecule has 0 aliphatic rings. The molecule has 4 N–H and O–H groups in total. The highest BCUT2D eigenvalue weighted by atomic mass is 19.1. The van der Waals surface area contributed by atoms with Gasteiger partial charge in [0.05, 0.1) is 6.61 Å². The van der Waals surface area contributed by atoms with Crippen LogP contribution in [0.15, 0.2) is 0 Å². The third kappa shape index (κ3) is 149. The van der Waals surface area contributed by atoms with E-state index in [1.165, 1.54) is 0 Å². The first-order valence-electron chi connectivity index (χ1n) is 1.85. The Morgan fingerprint density at radius 3 is 1.67 bits per heavy atom. The van der Waals surface area contributed by atoms with Crippen molar-refractivity contribution < 1.29 is 29.6 Å². The number of rotatable bonds is 1. The lowest BCUT2D eigenvalue weighted by Crippen LogP contribution is -2.01. The second-order valence-electron chi connectivity index (χ2n) is 0.900. The van der Waals surface area contributed by atoms with Crippen molar-refractivity contribution in [3.8, 4) is 0 Å². The van der Waals surface area contributed by atoms with Crippen LogP contribution in [0.3, 0.4) is 0 Å². The van der Waals surface area contributed by atoms with Crippen molar-refractivity contribution in [2.24, 2.45) is 0 Å². The van der Waals surface area contributed by atoms with Gasteiger partial charge in [-0.05, 0) is 0 Å². The van der Waals surface area contributed by atoms with Crippen LogP contribution in [0.5, 0.6) is 0 Å². The van der Waals surface area contributed by atoms with Crippen molar-refractivity contribution in [3.63, 3.8) is 0 Å². The summed E-state index contributed by atoms with van der Waals surface area (Å²) < 4.78 is 10.7. The fourth-order valence-corrected chi connectivity index (χ4v) is 0. The number of carbonyl (C=O) groups is 1. The molecular formula is C3H7FO5. The van der Waals surface area contributed by atoms with Gasteiger partial charge in [-0.25, -0.2) is 9.18 Å². The van der Waals surface area contributed by atoms with Crippen LogP contribution in [-0.2, 0) is 0 Å². The first-order chi connectivity index (χ1) is 4.00. The predicted molar refractivity (Wildman–Crippen MR) is 24.9 cm³/mol. The second kappa shape index (κ2) is 7.12. The number of hydrogen-bond acceptors (Lipinski definition) is 3. The molecule has 1 unspecified atom stereocenters. The van der Waals surface area contributed by atoms with E-state index < -0.39 is 19.1 Å². The van der Waals surface area contributed by atoms with Gasteiger partial charge in [-0.15, -0.1) is 0 Å². The van der Waals surface area contributed by atoms with E-state index in [2.05, 4.69) is 0 Å². The maximum atomic E-state index is 10.7. The molecule has 0 amide bonds. The van der Waals surface area contributed by atoms with Gasteiger partial charge >= 0.3 is 6.16 Å². The van der Waals surface area contributed by atoms with Crippen molar-refractivity contribution in [2.45, 2.75) is 6.36 Å². The summed E-state index contributed by atoms with van der Waals surface area (Å²) in [7, 11) is 0. The molecule has 1 atom stereocenters. The number of halogens is 1. The van der Waals surface area contributed by atoms with Crippen molar-refractivity contribution in [1.29, 1.82) is 0 Å². The first kappa shape index (κ1) is 11.0. The molecular weight excluding hydrogens is 135 g/mol. The molecule has 0 saturated carbocycles. The van der Waals surface area contributed by atoms with Crippen molar-refractivity contribution in [3.05, 3.63) is 0 Å². The number of aliphatic hydroxyl groups excluding tert-OH is 2. The molecule has 0 fully saturated rings. The Kier molecular flexibility index (Phi) is 8.69. The van der Waals surface area contributed by atoms with E-state index >= 15 is 0 Å². The van der Waals surface area contributed by atoms with E-state index in [1.807, 2.05) is 0 Å². The smallest absolute Gasteiger partial charge is 0.450 e. The van der Waals surface area contributed by atoms with Crippen LogP contribution in [0.1, 0.15) is 0 Å². The topological polar surface area (TPSA) is 98.0 Å². The lowest BCUT2D eigenvalue weighted by Gasteiger charge is -1.85. The highest BCUT2D eigenvalue weighted by molar-refractivity contribution is 5.53. The molecule has 0 aromatic rings. The number of carboxylic acid groups (broad SMARTS) is 2. The predicted octanol–water partition coefficient (Wildman–Crippen LogP) is -0.511. The number of hydrogen-bond donors (Lipinski definition) is 4. The van der Waals surface area contributed by atoms with E-state index in [0.29, 0.717) is 0 Å². The molecule has 0 aromatic heterocycles. The summed E-state index contributed by atoms with van der Waals surface area (Å²) in [6.45, 7) is -0.806. The number of aliphatic hydroxyl groups is 2. The Morgan fingerprint density at radius 2 is 1.67 bits per heavy atom. The van der Waals surface area contributed by atoms with Crippen LogP contribution in [-0.4, -0.2) is 39.5 Å². The Morgan fingerprint density at radius 1 is 1.56 bits per heavy atom. The molecule has 0 radical (unpaired) electrons. The van der Waals surface area contributed by atoms with E-state index in [0.717, 1.165) is 0 Å². The second-order valence-corrected chi connectivity index (χ2v) is 0.900. The monoisotopic (exact) mass is 142 g/mol. The molecule has 0 spiro atoms. The Balaban J connectivity index is 0. The lowest BCUT2D eigenvalue weighted by molar-refractivity contribution is -0.00745. The van der Waals surface area contributed by atoms with Gasteiger partial charge in [-0.1, -0.05) is 0 Å². The molecule has 0 bridgehead atoms. The highest BCUT2D eigenvalue weighted by Gasteiger charge is 1.89. The Hall–Kier alpha value is -0.880. The number of alkyl halides is 1. The zero-order valence-electron chi connectivity index (χ0n) is 4.36. The summed E-state index contributed by atoms with van der Waals surface area (Å²) in [4.78, 5) is 8.56. The molecule has 0 saturated heterocycles. The quantitative estimate of drug-likeness (QED) is 0.395. The summed E-state index contributed by atoms with van der Waals surface area (Å²) in [6.07, 6.45) is -3.89. The normalized spacial score (nSPS) is 11.0. The molecule has 6 heteroatoms.